The number of anilines is 4. The molecule has 6 rings (SSSR count). The zero-order valence-electron chi connectivity index (χ0n) is 23.4. The summed E-state index contributed by atoms with van der Waals surface area (Å²) in [5, 5.41) is 10.4. The highest BCUT2D eigenvalue weighted by atomic mass is 32.1. The number of hydrogen-bond donors (Lipinski definition) is 3. The maximum Gasteiger partial charge on any atom is 0.257 e. The molecule has 0 aliphatic carbocycles. The molecule has 12 heteroatoms. The van der Waals surface area contributed by atoms with E-state index in [4.69, 9.17) is 24.9 Å². The number of aromatic nitrogens is 3. The van der Waals surface area contributed by atoms with Crippen LogP contribution in [-0.4, -0.2) is 42.2 Å². The van der Waals surface area contributed by atoms with Crippen molar-refractivity contribution in [1.82, 2.24) is 15.0 Å². The number of thiazole rings is 2. The highest BCUT2D eigenvalue weighted by Gasteiger charge is 2.18. The Morgan fingerprint density at radius 3 is 2.44 bits per heavy atom. The molecule has 0 radical (unpaired) electrons. The maximum atomic E-state index is 13.0. The van der Waals surface area contributed by atoms with Crippen molar-refractivity contribution >= 4 is 61.8 Å². The monoisotopic (exact) mass is 610 g/mol. The molecule has 0 spiro atoms. The number of benzene rings is 3. The Kier molecular flexibility index (Phi) is 7.77. The maximum absolute atomic E-state index is 13.0. The number of nitrogens with zero attached hydrogens (tertiary/aromatic N) is 3. The average molecular weight is 611 g/mol. The molecule has 0 atom stereocenters. The normalized spacial score (nSPS) is 10.9. The number of hydrogen-bond acceptors (Lipinski definition) is 11. The molecule has 0 fully saturated rings. The number of para-hydroxylation sites is 1. The lowest BCUT2D eigenvalue weighted by Crippen LogP contribution is -2.12. The predicted molar refractivity (Wildman–Crippen MR) is 172 cm³/mol. The van der Waals surface area contributed by atoms with Gasteiger partial charge in [0, 0.05) is 46.0 Å². The Morgan fingerprint density at radius 2 is 1.67 bits per heavy atom. The molecule has 0 aliphatic rings. The third-order valence-electron chi connectivity index (χ3n) is 6.54. The van der Waals surface area contributed by atoms with Crippen LogP contribution in [0.4, 0.5) is 22.3 Å². The molecule has 0 unspecified atom stereocenters. The second-order valence-electron chi connectivity index (χ2n) is 9.26. The Labute approximate surface area is 255 Å². The van der Waals surface area contributed by atoms with E-state index >= 15 is 0 Å². The second-order valence-corrected chi connectivity index (χ2v) is 11.1. The van der Waals surface area contributed by atoms with Gasteiger partial charge in [0.1, 0.15) is 15.7 Å². The highest BCUT2D eigenvalue weighted by molar-refractivity contribution is 7.23. The molecule has 3 aromatic heterocycles. The van der Waals surface area contributed by atoms with Crippen molar-refractivity contribution in [2.24, 2.45) is 0 Å². The fraction of sp³-hybridized carbons (Fsp3) is 0.0968. The van der Waals surface area contributed by atoms with Gasteiger partial charge in [0.2, 0.25) is 5.75 Å². The summed E-state index contributed by atoms with van der Waals surface area (Å²) in [6.45, 7) is 0. The predicted octanol–water partition coefficient (Wildman–Crippen LogP) is 7.09. The second kappa shape index (κ2) is 12.0. The van der Waals surface area contributed by atoms with Crippen LogP contribution >= 0.6 is 22.7 Å². The molecular weight excluding hydrogens is 585 g/mol. The summed E-state index contributed by atoms with van der Waals surface area (Å²) in [5.74, 6) is 1.67. The van der Waals surface area contributed by atoms with Crippen LogP contribution in [0.2, 0.25) is 0 Å². The first-order valence-corrected chi connectivity index (χ1v) is 14.7. The Hall–Kier alpha value is -5.20. The Morgan fingerprint density at radius 1 is 0.884 bits per heavy atom. The van der Waals surface area contributed by atoms with Crippen LogP contribution in [0.1, 0.15) is 10.4 Å². The molecule has 0 bridgehead atoms. The van der Waals surface area contributed by atoms with Crippen molar-refractivity contribution in [3.8, 4) is 38.4 Å². The summed E-state index contributed by atoms with van der Waals surface area (Å²) in [6, 6.07) is 20.7. The summed E-state index contributed by atoms with van der Waals surface area (Å²) >= 11 is 2.85. The molecule has 0 aliphatic heterocycles. The van der Waals surface area contributed by atoms with Gasteiger partial charge in [-0.1, -0.05) is 41.7 Å². The molecular formula is C31H26N6O4S2. The quantitative estimate of drug-likeness (QED) is 0.157. The number of carbonyl (C=O) groups excluding carboxylic acids is 1. The molecule has 3 heterocycles. The van der Waals surface area contributed by atoms with Gasteiger partial charge >= 0.3 is 0 Å². The zero-order valence-corrected chi connectivity index (χ0v) is 25.0. The van der Waals surface area contributed by atoms with Gasteiger partial charge < -0.3 is 30.6 Å². The fourth-order valence-electron chi connectivity index (χ4n) is 4.48. The third kappa shape index (κ3) is 5.78. The Balaban J connectivity index is 1.20. The molecule has 10 nitrogen and oxygen atoms in total. The summed E-state index contributed by atoms with van der Waals surface area (Å²) in [7, 11) is 4.68. The first-order valence-electron chi connectivity index (χ1n) is 13.0. The van der Waals surface area contributed by atoms with Crippen molar-refractivity contribution in [2.45, 2.75) is 0 Å². The van der Waals surface area contributed by atoms with Crippen LogP contribution in [0.15, 0.2) is 78.3 Å². The molecule has 6 aromatic rings. The zero-order chi connectivity index (χ0) is 29.9. The standard InChI is InChI=1S/C31H26N6O4S2/c1-39-24-13-21(14-25(40-2)26(24)41-3)35-31-37-28(32)27(43-31)30-36-23(16-42-30)18-8-6-9-20(12-18)34-29(38)19-11-17-7-4-5-10-22(17)33-15-19/h4-16H,32H2,1-3H3,(H,34,38)(H,35,37). The van der Waals surface area contributed by atoms with E-state index in [1.54, 1.807) is 39.7 Å². The van der Waals surface area contributed by atoms with Gasteiger partial charge in [-0.05, 0) is 24.3 Å². The van der Waals surface area contributed by atoms with Crippen LogP contribution in [-0.2, 0) is 0 Å². The summed E-state index contributed by atoms with van der Waals surface area (Å²) in [4.78, 5) is 27.4. The highest BCUT2D eigenvalue weighted by Crippen LogP contribution is 2.43. The van der Waals surface area contributed by atoms with Crippen molar-refractivity contribution in [2.75, 3.05) is 37.7 Å². The van der Waals surface area contributed by atoms with Crippen molar-refractivity contribution in [3.05, 3.63) is 83.9 Å². The van der Waals surface area contributed by atoms with Gasteiger partial charge in [0.25, 0.3) is 5.91 Å². The number of pyridine rings is 1. The van der Waals surface area contributed by atoms with Gasteiger partial charge in [-0.15, -0.1) is 11.3 Å². The minimum absolute atomic E-state index is 0.237. The minimum atomic E-state index is -0.237. The SMILES string of the molecule is COc1cc(Nc2nc(N)c(-c3nc(-c4cccc(NC(=O)c5cnc6ccccc6c5)c4)cs3)s2)cc(OC)c1OC. The number of fused-ring (bicyclic) bond motifs is 1. The largest absolute Gasteiger partial charge is 0.493 e. The number of carbonyl (C=O) groups is 1. The number of ether oxygens (including phenoxy) is 3. The molecule has 216 valence electrons. The summed E-state index contributed by atoms with van der Waals surface area (Å²) < 4.78 is 16.3. The molecule has 0 saturated heterocycles. The smallest absolute Gasteiger partial charge is 0.257 e. The van der Waals surface area contributed by atoms with Crippen LogP contribution in [0.25, 0.3) is 32.0 Å². The Bertz CT molecular complexity index is 1930. The van der Waals surface area contributed by atoms with Crippen LogP contribution in [0.5, 0.6) is 17.2 Å². The molecule has 43 heavy (non-hydrogen) atoms. The van der Waals surface area contributed by atoms with Gasteiger partial charge in [-0.3, -0.25) is 9.78 Å². The van der Waals surface area contributed by atoms with Gasteiger partial charge in [0.15, 0.2) is 16.6 Å². The number of rotatable bonds is 9. The molecule has 4 N–H and O–H groups in total. The number of nitrogens with one attached hydrogen (secondary N) is 2. The summed E-state index contributed by atoms with van der Waals surface area (Å²) in [5.41, 5.74) is 10.6. The minimum Gasteiger partial charge on any atom is -0.493 e. The topological polar surface area (TPSA) is 134 Å². The lowest BCUT2D eigenvalue weighted by atomic mass is 10.1. The average Bonchev–Trinajstić information content (AvgIpc) is 3.66. The van der Waals surface area contributed by atoms with E-state index in [2.05, 4.69) is 20.6 Å². The van der Waals surface area contributed by atoms with Gasteiger partial charge in [-0.25, -0.2) is 9.97 Å². The number of amides is 1. The van der Waals surface area contributed by atoms with Crippen molar-refractivity contribution < 1.29 is 19.0 Å². The number of nitrogen functional groups attached to an aromatic ring is 1. The van der Waals surface area contributed by atoms with E-state index in [0.717, 1.165) is 32.0 Å². The molecule has 1 amide bonds. The van der Waals surface area contributed by atoms with Gasteiger partial charge in [0.05, 0.1) is 38.1 Å². The lowest BCUT2D eigenvalue weighted by molar-refractivity contribution is 0.102. The molecule has 0 saturated carbocycles. The van der Waals surface area contributed by atoms with E-state index in [1.165, 1.54) is 22.7 Å². The fourth-order valence-corrected chi connectivity index (χ4v) is 6.31. The first kappa shape index (κ1) is 27.9. The van der Waals surface area contributed by atoms with Crippen LogP contribution in [0.3, 0.4) is 0 Å². The number of methoxy groups -OCH3 is 3. The lowest BCUT2D eigenvalue weighted by Gasteiger charge is -2.14. The van der Waals surface area contributed by atoms with E-state index in [-0.39, 0.29) is 5.91 Å². The van der Waals surface area contributed by atoms with Crippen LogP contribution < -0.4 is 30.6 Å². The van der Waals surface area contributed by atoms with E-state index < -0.39 is 0 Å². The third-order valence-corrected chi connectivity index (χ3v) is 8.52. The molecule has 3 aromatic carbocycles. The first-order chi connectivity index (χ1) is 20.9. The van der Waals surface area contributed by atoms with Crippen molar-refractivity contribution in [3.63, 3.8) is 0 Å². The van der Waals surface area contributed by atoms with E-state index in [1.807, 2.05) is 60.0 Å². The summed E-state index contributed by atoms with van der Waals surface area (Å²) in [6.07, 6.45) is 1.58. The number of nitrogens with two attached hydrogens (primary N) is 1. The van der Waals surface area contributed by atoms with Crippen molar-refractivity contribution in [1.29, 1.82) is 0 Å². The van der Waals surface area contributed by atoms with E-state index in [9.17, 15) is 4.79 Å². The van der Waals surface area contributed by atoms with Gasteiger partial charge in [-0.2, -0.15) is 0 Å². The van der Waals surface area contributed by atoms with Crippen LogP contribution in [0, 0.1) is 0 Å². The van der Waals surface area contributed by atoms with E-state index in [0.29, 0.717) is 45.1 Å².